The molecular formula is C18H25N. The zero-order valence-corrected chi connectivity index (χ0v) is 12.5. The SMILES string of the molecule is CCCC(C)C(NC)c1c(C)ccc2ccccc12. The summed E-state index contributed by atoms with van der Waals surface area (Å²) in [7, 11) is 2.08. The third kappa shape index (κ3) is 2.82. The molecule has 0 fully saturated rings. The Kier molecular flexibility index (Phi) is 4.60. The molecule has 1 nitrogen and oxygen atoms in total. The van der Waals surface area contributed by atoms with Crippen LogP contribution in [0, 0.1) is 12.8 Å². The van der Waals surface area contributed by atoms with Crippen molar-refractivity contribution in [3.8, 4) is 0 Å². The second-order valence-electron chi connectivity index (χ2n) is 5.55. The lowest BCUT2D eigenvalue weighted by Gasteiger charge is -2.27. The van der Waals surface area contributed by atoms with Gasteiger partial charge in [0.1, 0.15) is 0 Å². The van der Waals surface area contributed by atoms with Crippen molar-refractivity contribution in [3.63, 3.8) is 0 Å². The Labute approximate surface area is 117 Å². The molecule has 0 saturated carbocycles. The molecule has 0 spiro atoms. The third-order valence-electron chi connectivity index (χ3n) is 4.12. The third-order valence-corrected chi connectivity index (χ3v) is 4.12. The van der Waals surface area contributed by atoms with Crippen LogP contribution >= 0.6 is 0 Å². The maximum absolute atomic E-state index is 3.54. The maximum Gasteiger partial charge on any atom is 0.0352 e. The fraction of sp³-hybridized carbons (Fsp3) is 0.444. The van der Waals surface area contributed by atoms with Crippen LogP contribution in [0.5, 0.6) is 0 Å². The second-order valence-corrected chi connectivity index (χ2v) is 5.55. The monoisotopic (exact) mass is 255 g/mol. The van der Waals surface area contributed by atoms with E-state index in [1.165, 1.54) is 34.7 Å². The summed E-state index contributed by atoms with van der Waals surface area (Å²) in [6.45, 7) is 6.84. The van der Waals surface area contributed by atoms with Gasteiger partial charge in [0.2, 0.25) is 0 Å². The quantitative estimate of drug-likeness (QED) is 0.805. The molecule has 0 heterocycles. The maximum atomic E-state index is 3.54. The number of hydrogen-bond acceptors (Lipinski definition) is 1. The highest BCUT2D eigenvalue weighted by atomic mass is 14.9. The molecule has 0 saturated heterocycles. The van der Waals surface area contributed by atoms with E-state index in [2.05, 4.69) is 69.5 Å². The summed E-state index contributed by atoms with van der Waals surface area (Å²) in [6, 6.07) is 13.6. The first-order valence-corrected chi connectivity index (χ1v) is 7.34. The van der Waals surface area contributed by atoms with Gasteiger partial charge in [0.25, 0.3) is 0 Å². The summed E-state index contributed by atoms with van der Waals surface area (Å²) in [5, 5.41) is 6.27. The lowest BCUT2D eigenvalue weighted by Crippen LogP contribution is -2.24. The van der Waals surface area contributed by atoms with Gasteiger partial charge in [0.15, 0.2) is 0 Å². The Hall–Kier alpha value is -1.34. The van der Waals surface area contributed by atoms with Crippen LogP contribution in [0.1, 0.15) is 43.9 Å². The lowest BCUT2D eigenvalue weighted by molar-refractivity contribution is 0.385. The van der Waals surface area contributed by atoms with Gasteiger partial charge in [-0.2, -0.15) is 0 Å². The number of benzene rings is 2. The summed E-state index contributed by atoms with van der Waals surface area (Å²) in [6.07, 6.45) is 2.50. The van der Waals surface area contributed by atoms with Crippen molar-refractivity contribution in [1.29, 1.82) is 0 Å². The molecule has 0 aromatic heterocycles. The van der Waals surface area contributed by atoms with E-state index in [9.17, 15) is 0 Å². The Morgan fingerprint density at radius 1 is 1.11 bits per heavy atom. The summed E-state index contributed by atoms with van der Waals surface area (Å²) in [4.78, 5) is 0. The second kappa shape index (κ2) is 6.21. The van der Waals surface area contributed by atoms with E-state index < -0.39 is 0 Å². The molecule has 1 N–H and O–H groups in total. The highest BCUT2D eigenvalue weighted by Crippen LogP contribution is 2.33. The van der Waals surface area contributed by atoms with E-state index in [1.54, 1.807) is 0 Å². The Balaban J connectivity index is 2.55. The predicted octanol–water partition coefficient (Wildman–Crippen LogP) is 4.84. The average molecular weight is 255 g/mol. The topological polar surface area (TPSA) is 12.0 Å². The van der Waals surface area contributed by atoms with E-state index in [4.69, 9.17) is 0 Å². The molecule has 2 aromatic carbocycles. The Morgan fingerprint density at radius 3 is 2.53 bits per heavy atom. The largest absolute Gasteiger partial charge is 0.313 e. The van der Waals surface area contributed by atoms with Crippen molar-refractivity contribution in [2.75, 3.05) is 7.05 Å². The van der Waals surface area contributed by atoms with E-state index in [-0.39, 0.29) is 0 Å². The number of nitrogens with one attached hydrogen (secondary N) is 1. The zero-order valence-electron chi connectivity index (χ0n) is 12.5. The Morgan fingerprint density at radius 2 is 1.84 bits per heavy atom. The van der Waals surface area contributed by atoms with Gasteiger partial charge in [0.05, 0.1) is 0 Å². The van der Waals surface area contributed by atoms with E-state index >= 15 is 0 Å². The molecule has 0 aliphatic rings. The smallest absolute Gasteiger partial charge is 0.0352 e. The summed E-state index contributed by atoms with van der Waals surface area (Å²) in [5.74, 6) is 0.652. The number of fused-ring (bicyclic) bond motifs is 1. The van der Waals surface area contributed by atoms with Gasteiger partial charge in [-0.05, 0) is 48.2 Å². The van der Waals surface area contributed by atoms with E-state index in [1.807, 2.05) is 0 Å². The molecule has 0 bridgehead atoms. The number of hydrogen-bond donors (Lipinski definition) is 1. The van der Waals surface area contributed by atoms with Crippen molar-refractivity contribution in [3.05, 3.63) is 47.5 Å². The first kappa shape index (κ1) is 14.1. The van der Waals surface area contributed by atoms with Gasteiger partial charge in [-0.25, -0.2) is 0 Å². The molecular weight excluding hydrogens is 230 g/mol. The molecule has 2 rings (SSSR count). The van der Waals surface area contributed by atoms with Crippen molar-refractivity contribution in [2.45, 2.75) is 39.7 Å². The molecule has 0 radical (unpaired) electrons. The number of rotatable bonds is 5. The highest BCUT2D eigenvalue weighted by Gasteiger charge is 2.20. The van der Waals surface area contributed by atoms with Crippen LogP contribution < -0.4 is 5.32 Å². The van der Waals surface area contributed by atoms with E-state index in [0.29, 0.717) is 12.0 Å². The fourth-order valence-corrected chi connectivity index (χ4v) is 3.15. The minimum atomic E-state index is 0.436. The summed E-state index contributed by atoms with van der Waals surface area (Å²) in [5.41, 5.74) is 2.86. The zero-order chi connectivity index (χ0) is 13.8. The molecule has 2 atom stereocenters. The normalized spacial score (nSPS) is 14.5. The standard InChI is InChI=1S/C18H25N/c1-5-8-14(3)18(19-4)17-13(2)11-12-15-9-6-7-10-16(15)17/h6-7,9-12,14,18-19H,5,8H2,1-4H3. The summed E-state index contributed by atoms with van der Waals surface area (Å²) < 4.78 is 0. The van der Waals surface area contributed by atoms with Crippen LogP contribution in [0.3, 0.4) is 0 Å². The molecule has 0 amide bonds. The fourth-order valence-electron chi connectivity index (χ4n) is 3.15. The van der Waals surface area contributed by atoms with Crippen LogP contribution in [0.25, 0.3) is 10.8 Å². The summed E-state index contributed by atoms with van der Waals surface area (Å²) >= 11 is 0. The average Bonchev–Trinajstić information content (AvgIpc) is 2.42. The van der Waals surface area contributed by atoms with Crippen molar-refractivity contribution in [2.24, 2.45) is 5.92 Å². The molecule has 0 aliphatic heterocycles. The van der Waals surface area contributed by atoms with E-state index in [0.717, 1.165) is 0 Å². The van der Waals surface area contributed by atoms with Crippen molar-refractivity contribution >= 4 is 10.8 Å². The molecule has 0 aliphatic carbocycles. The van der Waals surface area contributed by atoms with Crippen LogP contribution in [0.2, 0.25) is 0 Å². The molecule has 19 heavy (non-hydrogen) atoms. The van der Waals surface area contributed by atoms with Gasteiger partial charge >= 0.3 is 0 Å². The van der Waals surface area contributed by atoms with Gasteiger partial charge in [-0.1, -0.05) is 56.7 Å². The van der Waals surface area contributed by atoms with Crippen molar-refractivity contribution < 1.29 is 0 Å². The van der Waals surface area contributed by atoms with Crippen LogP contribution in [-0.4, -0.2) is 7.05 Å². The molecule has 2 aromatic rings. The molecule has 102 valence electrons. The van der Waals surface area contributed by atoms with Gasteiger partial charge < -0.3 is 5.32 Å². The first-order valence-electron chi connectivity index (χ1n) is 7.34. The van der Waals surface area contributed by atoms with Gasteiger partial charge in [0, 0.05) is 6.04 Å². The van der Waals surface area contributed by atoms with Crippen LogP contribution in [-0.2, 0) is 0 Å². The molecule has 1 heteroatoms. The first-order chi connectivity index (χ1) is 9.19. The van der Waals surface area contributed by atoms with Crippen LogP contribution in [0.15, 0.2) is 36.4 Å². The van der Waals surface area contributed by atoms with Crippen LogP contribution in [0.4, 0.5) is 0 Å². The minimum Gasteiger partial charge on any atom is -0.313 e. The minimum absolute atomic E-state index is 0.436. The lowest BCUT2D eigenvalue weighted by atomic mass is 9.85. The highest BCUT2D eigenvalue weighted by molar-refractivity contribution is 5.87. The molecule has 2 unspecified atom stereocenters. The Bertz CT molecular complexity index is 544. The van der Waals surface area contributed by atoms with Gasteiger partial charge in [-0.15, -0.1) is 0 Å². The van der Waals surface area contributed by atoms with Gasteiger partial charge in [-0.3, -0.25) is 0 Å². The van der Waals surface area contributed by atoms with Crippen molar-refractivity contribution in [1.82, 2.24) is 5.32 Å². The number of aryl methyl sites for hydroxylation is 1. The predicted molar refractivity (Wildman–Crippen MR) is 84.6 cm³/mol.